The van der Waals surface area contributed by atoms with Crippen molar-refractivity contribution < 1.29 is 4.79 Å². The number of amides is 1. The Kier molecular flexibility index (Phi) is 5.00. The zero-order valence-electron chi connectivity index (χ0n) is 10.0. The topological polar surface area (TPSA) is 20.3 Å². The van der Waals surface area contributed by atoms with Gasteiger partial charge in [-0.3, -0.25) is 4.79 Å². The zero-order valence-corrected chi connectivity index (χ0v) is 11.6. The monoisotopic (exact) mass is 283 g/mol. The molecule has 0 saturated carbocycles. The van der Waals surface area contributed by atoms with Gasteiger partial charge in [0, 0.05) is 23.5 Å². The van der Waals surface area contributed by atoms with E-state index in [2.05, 4.69) is 15.9 Å². The summed E-state index contributed by atoms with van der Waals surface area (Å²) < 4.78 is 0. The van der Waals surface area contributed by atoms with Gasteiger partial charge >= 0.3 is 0 Å². The van der Waals surface area contributed by atoms with Crippen LogP contribution in [0.3, 0.4) is 0 Å². The molecule has 0 heterocycles. The molecule has 3 heteroatoms. The van der Waals surface area contributed by atoms with Crippen molar-refractivity contribution in [3.63, 3.8) is 0 Å². The Bertz CT molecular complexity index is 345. The van der Waals surface area contributed by atoms with E-state index >= 15 is 0 Å². The van der Waals surface area contributed by atoms with Crippen molar-refractivity contribution in [2.45, 2.75) is 32.1 Å². The van der Waals surface area contributed by atoms with E-state index in [4.69, 9.17) is 0 Å². The van der Waals surface area contributed by atoms with Crippen LogP contribution in [0, 0.1) is 0 Å². The number of benzene rings is 1. The largest absolute Gasteiger partial charge is 0.337 e. The fraction of sp³-hybridized carbons (Fsp3) is 0.462. The molecule has 1 aromatic carbocycles. The van der Waals surface area contributed by atoms with Gasteiger partial charge in [0.05, 0.1) is 0 Å². The summed E-state index contributed by atoms with van der Waals surface area (Å²) in [6, 6.07) is 7.99. The summed E-state index contributed by atoms with van der Waals surface area (Å²) in [7, 11) is 0. The van der Waals surface area contributed by atoms with Crippen LogP contribution in [0.15, 0.2) is 24.3 Å². The van der Waals surface area contributed by atoms with Crippen LogP contribution in [0.1, 0.15) is 36.7 Å². The maximum Gasteiger partial charge on any atom is 0.254 e. The van der Waals surface area contributed by atoms with Crippen LogP contribution in [0.2, 0.25) is 0 Å². The van der Waals surface area contributed by atoms with Crippen LogP contribution in [-0.4, -0.2) is 23.4 Å². The SMILES string of the molecule is CCN(C(=O)c1ccc(CBr)cc1)C(C)C. The quantitative estimate of drug-likeness (QED) is 0.775. The second-order valence-electron chi connectivity index (χ2n) is 4.02. The minimum Gasteiger partial charge on any atom is -0.337 e. The first kappa shape index (κ1) is 13.2. The molecule has 0 N–H and O–H groups in total. The first-order valence-corrected chi connectivity index (χ1v) is 6.68. The van der Waals surface area contributed by atoms with E-state index in [1.54, 1.807) is 0 Å². The van der Waals surface area contributed by atoms with Crippen LogP contribution >= 0.6 is 15.9 Å². The molecule has 0 spiro atoms. The van der Waals surface area contributed by atoms with Gasteiger partial charge in [-0.05, 0) is 38.5 Å². The van der Waals surface area contributed by atoms with Crippen molar-refractivity contribution in [1.29, 1.82) is 0 Å². The molecule has 0 radical (unpaired) electrons. The Morgan fingerprint density at radius 1 is 1.31 bits per heavy atom. The molecule has 1 amide bonds. The third kappa shape index (κ3) is 3.08. The summed E-state index contributed by atoms with van der Waals surface area (Å²) >= 11 is 3.39. The molecule has 0 atom stereocenters. The predicted molar refractivity (Wildman–Crippen MR) is 70.9 cm³/mol. The van der Waals surface area contributed by atoms with E-state index in [1.807, 2.05) is 49.9 Å². The number of carbonyl (C=O) groups is 1. The second kappa shape index (κ2) is 6.04. The lowest BCUT2D eigenvalue weighted by atomic mass is 10.1. The molecular weight excluding hydrogens is 266 g/mol. The van der Waals surface area contributed by atoms with E-state index in [1.165, 1.54) is 5.56 Å². The number of rotatable bonds is 4. The Balaban J connectivity index is 2.86. The van der Waals surface area contributed by atoms with Crippen LogP contribution in [-0.2, 0) is 5.33 Å². The van der Waals surface area contributed by atoms with Crippen molar-refractivity contribution in [2.24, 2.45) is 0 Å². The number of nitrogens with zero attached hydrogens (tertiary/aromatic N) is 1. The molecule has 0 saturated heterocycles. The highest BCUT2D eigenvalue weighted by molar-refractivity contribution is 9.08. The molecule has 0 aliphatic heterocycles. The van der Waals surface area contributed by atoms with Crippen LogP contribution in [0.4, 0.5) is 0 Å². The first-order chi connectivity index (χ1) is 7.60. The number of alkyl halides is 1. The van der Waals surface area contributed by atoms with Crippen molar-refractivity contribution in [3.05, 3.63) is 35.4 Å². The van der Waals surface area contributed by atoms with E-state index in [-0.39, 0.29) is 11.9 Å². The van der Waals surface area contributed by atoms with Gasteiger partial charge in [0.2, 0.25) is 0 Å². The molecule has 0 fully saturated rings. The zero-order chi connectivity index (χ0) is 12.1. The van der Waals surface area contributed by atoms with Gasteiger partial charge in [0.1, 0.15) is 0 Å². The fourth-order valence-corrected chi connectivity index (χ4v) is 2.02. The lowest BCUT2D eigenvalue weighted by molar-refractivity contribution is 0.0717. The molecule has 0 unspecified atom stereocenters. The molecular formula is C13H18BrNO. The van der Waals surface area contributed by atoms with Gasteiger partial charge in [-0.2, -0.15) is 0 Å². The molecule has 1 aromatic rings. The number of halogens is 1. The Morgan fingerprint density at radius 3 is 2.25 bits per heavy atom. The third-order valence-electron chi connectivity index (χ3n) is 2.58. The summed E-state index contributed by atoms with van der Waals surface area (Å²) in [4.78, 5) is 14.0. The van der Waals surface area contributed by atoms with Gasteiger partial charge in [0.25, 0.3) is 5.91 Å². The van der Waals surface area contributed by atoms with Gasteiger partial charge in [0.15, 0.2) is 0 Å². The first-order valence-electron chi connectivity index (χ1n) is 5.56. The highest BCUT2D eigenvalue weighted by Gasteiger charge is 2.16. The van der Waals surface area contributed by atoms with E-state index in [0.29, 0.717) is 0 Å². The van der Waals surface area contributed by atoms with Gasteiger partial charge in [-0.25, -0.2) is 0 Å². The van der Waals surface area contributed by atoms with E-state index in [9.17, 15) is 4.79 Å². The predicted octanol–water partition coefficient (Wildman–Crippen LogP) is 3.45. The standard InChI is InChI=1S/C13H18BrNO/c1-4-15(10(2)3)13(16)12-7-5-11(9-14)6-8-12/h5-8,10H,4,9H2,1-3H3. The average Bonchev–Trinajstić information content (AvgIpc) is 2.29. The highest BCUT2D eigenvalue weighted by atomic mass is 79.9. The lowest BCUT2D eigenvalue weighted by Crippen LogP contribution is -2.36. The minimum atomic E-state index is 0.110. The second-order valence-corrected chi connectivity index (χ2v) is 4.58. The maximum absolute atomic E-state index is 12.1. The minimum absolute atomic E-state index is 0.110. The summed E-state index contributed by atoms with van der Waals surface area (Å²) in [5.41, 5.74) is 1.95. The van der Waals surface area contributed by atoms with Crippen molar-refractivity contribution in [1.82, 2.24) is 4.90 Å². The van der Waals surface area contributed by atoms with Crippen molar-refractivity contribution >= 4 is 21.8 Å². The summed E-state index contributed by atoms with van der Waals surface area (Å²) in [5.74, 6) is 0.110. The Labute approximate surface area is 106 Å². The molecule has 88 valence electrons. The highest BCUT2D eigenvalue weighted by Crippen LogP contribution is 2.11. The van der Waals surface area contributed by atoms with Gasteiger partial charge < -0.3 is 4.90 Å². The van der Waals surface area contributed by atoms with Crippen LogP contribution in [0.25, 0.3) is 0 Å². The number of hydrogen-bond acceptors (Lipinski definition) is 1. The number of carbonyl (C=O) groups excluding carboxylic acids is 1. The van der Waals surface area contributed by atoms with E-state index < -0.39 is 0 Å². The average molecular weight is 284 g/mol. The fourth-order valence-electron chi connectivity index (χ4n) is 1.65. The Morgan fingerprint density at radius 2 is 1.88 bits per heavy atom. The molecule has 0 bridgehead atoms. The lowest BCUT2D eigenvalue weighted by Gasteiger charge is -2.25. The van der Waals surface area contributed by atoms with Gasteiger partial charge in [-0.1, -0.05) is 28.1 Å². The van der Waals surface area contributed by atoms with E-state index in [0.717, 1.165) is 17.4 Å². The summed E-state index contributed by atoms with van der Waals surface area (Å²) in [6.45, 7) is 6.82. The summed E-state index contributed by atoms with van der Waals surface area (Å²) in [6.07, 6.45) is 0. The van der Waals surface area contributed by atoms with Crippen molar-refractivity contribution in [2.75, 3.05) is 6.54 Å². The molecule has 0 aliphatic carbocycles. The molecule has 2 nitrogen and oxygen atoms in total. The Hall–Kier alpha value is -0.830. The molecule has 16 heavy (non-hydrogen) atoms. The molecule has 0 aliphatic rings. The maximum atomic E-state index is 12.1. The van der Waals surface area contributed by atoms with Crippen LogP contribution in [0.5, 0.6) is 0 Å². The normalized spacial score (nSPS) is 10.6. The summed E-state index contributed by atoms with van der Waals surface area (Å²) in [5, 5.41) is 0.823. The van der Waals surface area contributed by atoms with Crippen molar-refractivity contribution in [3.8, 4) is 0 Å². The van der Waals surface area contributed by atoms with Crippen LogP contribution < -0.4 is 0 Å². The smallest absolute Gasteiger partial charge is 0.254 e. The number of hydrogen-bond donors (Lipinski definition) is 0. The molecule has 0 aromatic heterocycles. The molecule has 1 rings (SSSR count). The van der Waals surface area contributed by atoms with Gasteiger partial charge in [-0.15, -0.1) is 0 Å². The third-order valence-corrected chi connectivity index (χ3v) is 3.23.